The average molecular weight is 475 g/mol. The van der Waals surface area contributed by atoms with Gasteiger partial charge in [0.05, 0.1) is 11.0 Å². The largest absolute Gasteiger partial charge is 0.326 e. The Morgan fingerprint density at radius 1 is 0.853 bits per heavy atom. The van der Waals surface area contributed by atoms with Crippen molar-refractivity contribution in [3.63, 3.8) is 0 Å². The Morgan fingerprint density at radius 3 is 2.24 bits per heavy atom. The highest BCUT2D eigenvalue weighted by Crippen LogP contribution is 2.25. The Labute approximate surface area is 205 Å². The summed E-state index contributed by atoms with van der Waals surface area (Å²) in [6.07, 6.45) is 2.00. The molecule has 4 aromatic rings. The first-order valence-electron chi connectivity index (χ1n) is 12.1. The molecule has 0 atom stereocenters. The fourth-order valence-corrected chi connectivity index (χ4v) is 5.15. The lowest BCUT2D eigenvalue weighted by Gasteiger charge is -2.34. The minimum Gasteiger partial charge on any atom is -0.306 e. The van der Waals surface area contributed by atoms with Gasteiger partial charge in [-0.15, -0.1) is 0 Å². The van der Waals surface area contributed by atoms with Gasteiger partial charge in [0.15, 0.2) is 0 Å². The van der Waals surface area contributed by atoms with Crippen molar-refractivity contribution in [1.29, 1.82) is 0 Å². The zero-order valence-electron chi connectivity index (χ0n) is 19.4. The molecule has 2 heterocycles. The lowest BCUT2D eigenvalue weighted by atomic mass is 10.0. The lowest BCUT2D eigenvalue weighted by molar-refractivity contribution is 0.152. The van der Waals surface area contributed by atoms with Gasteiger partial charge in [0.25, 0.3) is 0 Å². The molecule has 0 unspecified atom stereocenters. The fourth-order valence-electron chi connectivity index (χ4n) is 5.02. The van der Waals surface area contributed by atoms with Gasteiger partial charge in [-0.1, -0.05) is 66.2 Å². The molecule has 0 amide bonds. The number of H-pyrrole nitrogens is 1. The van der Waals surface area contributed by atoms with Crippen molar-refractivity contribution in [3.8, 4) is 0 Å². The highest BCUT2D eigenvalue weighted by molar-refractivity contribution is 6.30. The summed E-state index contributed by atoms with van der Waals surface area (Å²) in [4.78, 5) is 20.6. The minimum absolute atomic E-state index is 0.0108. The summed E-state index contributed by atoms with van der Waals surface area (Å²) in [6.45, 7) is 5.86. The van der Waals surface area contributed by atoms with Crippen LogP contribution in [0.3, 0.4) is 0 Å². The molecule has 1 saturated heterocycles. The van der Waals surface area contributed by atoms with E-state index in [-0.39, 0.29) is 11.7 Å². The van der Waals surface area contributed by atoms with E-state index >= 15 is 0 Å². The molecule has 1 aromatic heterocycles. The standard InChI is InChI=1S/C28H31ClN4O/c29-24-12-10-23(11-13-24)21-32(20-22-6-2-1-3-7-22)19-18-31-16-14-25(15-17-31)33-27-9-5-4-8-26(27)30-28(33)34/h1-13,25H,14-21H2,(H,30,34). The van der Waals surface area contributed by atoms with Gasteiger partial charge in [0.1, 0.15) is 0 Å². The molecular formula is C28H31ClN4O. The zero-order valence-corrected chi connectivity index (χ0v) is 20.1. The van der Waals surface area contributed by atoms with E-state index in [4.69, 9.17) is 11.6 Å². The number of nitrogens with one attached hydrogen (secondary N) is 1. The van der Waals surface area contributed by atoms with Crippen LogP contribution in [0.4, 0.5) is 0 Å². The number of halogens is 1. The molecule has 0 aliphatic carbocycles. The molecule has 1 fully saturated rings. The van der Waals surface area contributed by atoms with Crippen molar-refractivity contribution in [3.05, 3.63) is 105 Å². The quantitative estimate of drug-likeness (QED) is 0.375. The van der Waals surface area contributed by atoms with Crippen LogP contribution in [0.15, 0.2) is 83.7 Å². The van der Waals surface area contributed by atoms with Gasteiger partial charge in [-0.3, -0.25) is 9.47 Å². The molecule has 1 N–H and O–H groups in total. The first kappa shape index (κ1) is 22.9. The molecule has 34 heavy (non-hydrogen) atoms. The smallest absolute Gasteiger partial charge is 0.306 e. The highest BCUT2D eigenvalue weighted by Gasteiger charge is 2.23. The van der Waals surface area contributed by atoms with Gasteiger partial charge in [-0.05, 0) is 48.2 Å². The monoisotopic (exact) mass is 474 g/mol. The number of aromatic amines is 1. The number of fused-ring (bicyclic) bond motifs is 1. The maximum atomic E-state index is 12.6. The molecule has 6 heteroatoms. The normalized spacial score (nSPS) is 15.4. The summed E-state index contributed by atoms with van der Waals surface area (Å²) in [6, 6.07) is 27.1. The predicted molar refractivity (Wildman–Crippen MR) is 139 cm³/mol. The van der Waals surface area contributed by atoms with Crippen molar-refractivity contribution in [2.45, 2.75) is 32.0 Å². The fraction of sp³-hybridized carbons (Fsp3) is 0.321. The Kier molecular flexibility index (Phi) is 7.14. The zero-order chi connectivity index (χ0) is 23.3. The number of hydrogen-bond donors (Lipinski definition) is 1. The van der Waals surface area contributed by atoms with Gasteiger partial charge in [-0.25, -0.2) is 4.79 Å². The minimum atomic E-state index is 0.0108. The van der Waals surface area contributed by atoms with E-state index in [2.05, 4.69) is 57.2 Å². The molecular weight excluding hydrogens is 444 g/mol. The van der Waals surface area contributed by atoms with E-state index in [9.17, 15) is 4.79 Å². The number of imidazole rings is 1. The molecule has 0 saturated carbocycles. The van der Waals surface area contributed by atoms with Crippen LogP contribution in [0.1, 0.15) is 30.0 Å². The predicted octanol–water partition coefficient (Wildman–Crippen LogP) is 5.32. The Bertz CT molecular complexity index is 1260. The van der Waals surface area contributed by atoms with Crippen molar-refractivity contribution >= 4 is 22.6 Å². The summed E-state index contributed by atoms with van der Waals surface area (Å²) < 4.78 is 1.97. The Hall–Kier alpha value is -2.86. The molecule has 5 rings (SSSR count). The number of para-hydroxylation sites is 2. The molecule has 3 aromatic carbocycles. The number of rotatable bonds is 8. The second-order valence-corrected chi connectivity index (χ2v) is 9.65. The molecule has 0 radical (unpaired) electrons. The summed E-state index contributed by atoms with van der Waals surface area (Å²) in [7, 11) is 0. The van der Waals surface area contributed by atoms with Crippen LogP contribution in [-0.2, 0) is 13.1 Å². The molecule has 5 nitrogen and oxygen atoms in total. The summed E-state index contributed by atoms with van der Waals surface area (Å²) in [5.74, 6) is 0. The van der Waals surface area contributed by atoms with Crippen molar-refractivity contribution in [2.24, 2.45) is 0 Å². The number of hydrogen-bond acceptors (Lipinski definition) is 3. The van der Waals surface area contributed by atoms with Crippen LogP contribution in [0, 0.1) is 0 Å². The van der Waals surface area contributed by atoms with Crippen molar-refractivity contribution < 1.29 is 0 Å². The number of likely N-dealkylation sites (tertiary alicyclic amines) is 1. The lowest BCUT2D eigenvalue weighted by Crippen LogP contribution is -2.41. The van der Waals surface area contributed by atoms with Crippen LogP contribution in [0.5, 0.6) is 0 Å². The summed E-state index contributed by atoms with van der Waals surface area (Å²) in [5.41, 5.74) is 4.56. The molecule has 1 aliphatic rings. The van der Waals surface area contributed by atoms with Gasteiger partial charge in [-0.2, -0.15) is 0 Å². The van der Waals surface area contributed by atoms with Crippen LogP contribution in [-0.4, -0.2) is 45.5 Å². The van der Waals surface area contributed by atoms with E-state index in [1.807, 2.05) is 41.0 Å². The van der Waals surface area contributed by atoms with E-state index in [1.165, 1.54) is 11.1 Å². The molecule has 1 aliphatic heterocycles. The van der Waals surface area contributed by atoms with Crippen molar-refractivity contribution in [1.82, 2.24) is 19.4 Å². The second-order valence-electron chi connectivity index (χ2n) is 9.21. The SMILES string of the molecule is O=c1[nH]c2ccccc2n1C1CCN(CCN(Cc2ccccc2)Cc2ccc(Cl)cc2)CC1. The molecule has 176 valence electrons. The topological polar surface area (TPSA) is 44.3 Å². The van der Waals surface area contributed by atoms with E-state index < -0.39 is 0 Å². The third-order valence-electron chi connectivity index (χ3n) is 6.85. The molecule has 0 spiro atoms. The first-order chi connectivity index (χ1) is 16.7. The average Bonchev–Trinajstić information content (AvgIpc) is 3.20. The van der Waals surface area contributed by atoms with E-state index in [0.29, 0.717) is 0 Å². The van der Waals surface area contributed by atoms with Crippen molar-refractivity contribution in [2.75, 3.05) is 26.2 Å². The van der Waals surface area contributed by atoms with Gasteiger partial charge in [0, 0.05) is 50.3 Å². The van der Waals surface area contributed by atoms with E-state index in [1.54, 1.807) is 0 Å². The van der Waals surface area contributed by atoms with Crippen LogP contribution >= 0.6 is 11.6 Å². The second kappa shape index (κ2) is 10.6. The van der Waals surface area contributed by atoms with Gasteiger partial charge in [0.2, 0.25) is 0 Å². The third kappa shape index (κ3) is 5.44. The van der Waals surface area contributed by atoms with Crippen LogP contribution in [0.2, 0.25) is 5.02 Å². The highest BCUT2D eigenvalue weighted by atomic mass is 35.5. The van der Waals surface area contributed by atoms with Gasteiger partial charge >= 0.3 is 5.69 Å². The third-order valence-corrected chi connectivity index (χ3v) is 7.10. The maximum Gasteiger partial charge on any atom is 0.326 e. The van der Waals surface area contributed by atoms with Gasteiger partial charge < -0.3 is 9.88 Å². The first-order valence-corrected chi connectivity index (χ1v) is 12.5. The number of aromatic nitrogens is 2. The van der Waals surface area contributed by atoms with Crippen LogP contribution in [0.25, 0.3) is 11.0 Å². The molecule has 0 bridgehead atoms. The Balaban J connectivity index is 1.21. The van der Waals surface area contributed by atoms with Crippen LogP contribution < -0.4 is 5.69 Å². The number of piperidine rings is 1. The Morgan fingerprint density at radius 2 is 1.50 bits per heavy atom. The maximum absolute atomic E-state index is 12.6. The number of benzene rings is 3. The summed E-state index contributed by atoms with van der Waals surface area (Å²) in [5, 5.41) is 0.774. The van der Waals surface area contributed by atoms with E-state index in [0.717, 1.165) is 68.2 Å². The number of nitrogens with zero attached hydrogens (tertiary/aromatic N) is 3. The summed E-state index contributed by atoms with van der Waals surface area (Å²) >= 11 is 6.09.